The van der Waals surface area contributed by atoms with Crippen LogP contribution in [-0.2, 0) is 12.6 Å². The van der Waals surface area contributed by atoms with E-state index in [9.17, 15) is 18.0 Å². The Morgan fingerprint density at radius 3 is 2.56 bits per heavy atom. The lowest BCUT2D eigenvalue weighted by Crippen LogP contribution is -2.22. The van der Waals surface area contributed by atoms with Gasteiger partial charge in [0, 0.05) is 11.8 Å². The van der Waals surface area contributed by atoms with E-state index in [-0.39, 0.29) is 16.8 Å². The molecule has 0 saturated heterocycles. The second-order valence-corrected chi connectivity index (χ2v) is 6.45. The topological polar surface area (TPSA) is 83.0 Å². The van der Waals surface area contributed by atoms with Gasteiger partial charge in [-0.25, -0.2) is 9.78 Å². The summed E-state index contributed by atoms with van der Waals surface area (Å²) in [5.41, 5.74) is 5.47. The van der Waals surface area contributed by atoms with Crippen LogP contribution in [-0.4, -0.2) is 20.8 Å². The van der Waals surface area contributed by atoms with Crippen molar-refractivity contribution in [1.82, 2.24) is 14.8 Å². The number of nitrogens with zero attached hydrogens (tertiary/aromatic N) is 3. The van der Waals surface area contributed by atoms with Crippen LogP contribution in [0.2, 0.25) is 5.02 Å². The Bertz CT molecular complexity index is 821. The number of ether oxygens (including phenoxy) is 1. The number of alkyl halides is 3. The number of rotatable bonds is 7. The molecule has 0 saturated carbocycles. The standard InChI is InChI=1S/C17H20ClF3N4O2/c1-3-4-5-6-7-12-10(2)25(16(22)26)24-14(12)27-15-13(18)8-11(9-23-15)17(19,20)21/h8-9H,3-7H2,1-2H3,(H2,22,26). The molecule has 2 aromatic heterocycles. The molecule has 0 spiro atoms. The number of nitrogens with two attached hydrogens (primary N) is 1. The maximum atomic E-state index is 12.7. The van der Waals surface area contributed by atoms with E-state index < -0.39 is 17.8 Å². The summed E-state index contributed by atoms with van der Waals surface area (Å²) in [5, 5.41) is 3.70. The first kappa shape index (κ1) is 21.0. The molecule has 0 bridgehead atoms. The van der Waals surface area contributed by atoms with Gasteiger partial charge in [-0.2, -0.15) is 17.9 Å². The molecule has 0 aliphatic heterocycles. The number of halogens is 4. The molecule has 0 fully saturated rings. The first-order valence-electron chi connectivity index (χ1n) is 8.44. The normalized spacial score (nSPS) is 11.6. The van der Waals surface area contributed by atoms with Crippen molar-refractivity contribution in [2.75, 3.05) is 0 Å². The molecule has 0 atom stereocenters. The van der Waals surface area contributed by atoms with E-state index in [0.717, 1.165) is 36.4 Å². The van der Waals surface area contributed by atoms with Crippen molar-refractivity contribution >= 4 is 17.6 Å². The molecule has 0 aromatic carbocycles. The van der Waals surface area contributed by atoms with E-state index in [4.69, 9.17) is 22.1 Å². The SMILES string of the molecule is CCCCCCc1c(Oc2ncc(C(F)(F)F)cc2Cl)nn(C(N)=O)c1C. The van der Waals surface area contributed by atoms with Gasteiger partial charge in [-0.1, -0.05) is 37.8 Å². The number of aromatic nitrogens is 3. The Balaban J connectivity index is 2.31. The fraction of sp³-hybridized carbons (Fsp3) is 0.471. The van der Waals surface area contributed by atoms with Crippen LogP contribution < -0.4 is 10.5 Å². The van der Waals surface area contributed by atoms with Gasteiger partial charge in [0.2, 0.25) is 11.8 Å². The maximum absolute atomic E-state index is 12.7. The van der Waals surface area contributed by atoms with Crippen LogP contribution >= 0.6 is 11.6 Å². The average molecular weight is 405 g/mol. The van der Waals surface area contributed by atoms with Crippen molar-refractivity contribution < 1.29 is 22.7 Å². The minimum Gasteiger partial charge on any atom is -0.417 e. The Labute approximate surface area is 159 Å². The van der Waals surface area contributed by atoms with Crippen molar-refractivity contribution in [3.05, 3.63) is 34.1 Å². The Hall–Kier alpha value is -2.29. The summed E-state index contributed by atoms with van der Waals surface area (Å²) in [5.74, 6) is -0.175. The van der Waals surface area contributed by atoms with Gasteiger partial charge in [0.05, 0.1) is 11.3 Å². The maximum Gasteiger partial charge on any atom is 0.417 e. The quantitative estimate of drug-likeness (QED) is 0.650. The smallest absolute Gasteiger partial charge is 0.417 e. The highest BCUT2D eigenvalue weighted by atomic mass is 35.5. The van der Waals surface area contributed by atoms with Crippen molar-refractivity contribution in [2.24, 2.45) is 5.73 Å². The van der Waals surface area contributed by atoms with E-state index in [1.807, 2.05) is 0 Å². The van der Waals surface area contributed by atoms with Gasteiger partial charge in [0.25, 0.3) is 0 Å². The number of amides is 1. The molecule has 10 heteroatoms. The highest BCUT2D eigenvalue weighted by molar-refractivity contribution is 6.31. The van der Waals surface area contributed by atoms with Crippen LogP contribution in [0.4, 0.5) is 18.0 Å². The lowest BCUT2D eigenvalue weighted by Gasteiger charge is -2.10. The summed E-state index contributed by atoms with van der Waals surface area (Å²) < 4.78 is 44.7. The largest absolute Gasteiger partial charge is 0.417 e. The van der Waals surface area contributed by atoms with E-state index in [0.29, 0.717) is 23.9 Å². The summed E-state index contributed by atoms with van der Waals surface area (Å²) in [6.45, 7) is 3.75. The van der Waals surface area contributed by atoms with Crippen LogP contribution in [0.5, 0.6) is 11.8 Å². The van der Waals surface area contributed by atoms with Gasteiger partial charge in [0.1, 0.15) is 5.02 Å². The lowest BCUT2D eigenvalue weighted by atomic mass is 10.1. The van der Waals surface area contributed by atoms with Gasteiger partial charge in [-0.05, 0) is 25.8 Å². The summed E-state index contributed by atoms with van der Waals surface area (Å²) in [4.78, 5) is 15.2. The number of pyridine rings is 1. The first-order chi connectivity index (χ1) is 12.6. The van der Waals surface area contributed by atoms with Crippen molar-refractivity contribution in [3.8, 4) is 11.8 Å². The molecule has 0 radical (unpaired) electrons. The fourth-order valence-corrected chi connectivity index (χ4v) is 2.77. The zero-order valence-electron chi connectivity index (χ0n) is 14.9. The molecule has 6 nitrogen and oxygen atoms in total. The monoisotopic (exact) mass is 404 g/mol. The number of carbonyl (C=O) groups excluding carboxylic acids is 1. The molecular formula is C17H20ClF3N4O2. The van der Waals surface area contributed by atoms with Crippen LogP contribution in [0.15, 0.2) is 12.3 Å². The number of carbonyl (C=O) groups is 1. The predicted octanol–water partition coefficient (Wildman–Crippen LogP) is 5.10. The summed E-state index contributed by atoms with van der Waals surface area (Å²) in [7, 11) is 0. The minimum atomic E-state index is -4.57. The van der Waals surface area contributed by atoms with Crippen LogP contribution in [0.25, 0.3) is 0 Å². The minimum absolute atomic E-state index is 0.0527. The van der Waals surface area contributed by atoms with Gasteiger partial charge in [0.15, 0.2) is 0 Å². The van der Waals surface area contributed by atoms with Gasteiger partial charge >= 0.3 is 12.2 Å². The Morgan fingerprint density at radius 2 is 2.00 bits per heavy atom. The molecular weight excluding hydrogens is 385 g/mol. The molecule has 2 rings (SSSR count). The van der Waals surface area contributed by atoms with E-state index in [1.165, 1.54) is 0 Å². The summed E-state index contributed by atoms with van der Waals surface area (Å²) >= 11 is 5.88. The number of unbranched alkanes of at least 4 members (excludes halogenated alkanes) is 3. The molecule has 148 valence electrons. The van der Waals surface area contributed by atoms with Crippen molar-refractivity contribution in [1.29, 1.82) is 0 Å². The third-order valence-electron chi connectivity index (χ3n) is 4.02. The average Bonchev–Trinajstić information content (AvgIpc) is 2.89. The molecule has 0 aliphatic carbocycles. The molecule has 2 aromatic rings. The second-order valence-electron chi connectivity index (χ2n) is 6.04. The Kier molecular flexibility index (Phi) is 6.69. The van der Waals surface area contributed by atoms with E-state index >= 15 is 0 Å². The van der Waals surface area contributed by atoms with Gasteiger partial charge in [-0.3, -0.25) is 0 Å². The Morgan fingerprint density at radius 1 is 1.30 bits per heavy atom. The highest BCUT2D eigenvalue weighted by Gasteiger charge is 2.32. The fourth-order valence-electron chi connectivity index (χ4n) is 2.57. The zero-order chi connectivity index (χ0) is 20.2. The van der Waals surface area contributed by atoms with E-state index in [1.54, 1.807) is 6.92 Å². The predicted molar refractivity (Wildman–Crippen MR) is 94.1 cm³/mol. The number of hydrogen-bond acceptors (Lipinski definition) is 4. The second kappa shape index (κ2) is 8.60. The molecule has 1 amide bonds. The molecule has 0 unspecified atom stereocenters. The first-order valence-corrected chi connectivity index (χ1v) is 8.81. The van der Waals surface area contributed by atoms with Gasteiger partial charge in [-0.15, -0.1) is 5.10 Å². The molecule has 2 N–H and O–H groups in total. The van der Waals surface area contributed by atoms with E-state index in [2.05, 4.69) is 17.0 Å². The number of primary amides is 1. The van der Waals surface area contributed by atoms with Crippen LogP contribution in [0.3, 0.4) is 0 Å². The third-order valence-corrected chi connectivity index (χ3v) is 4.29. The van der Waals surface area contributed by atoms with Gasteiger partial charge < -0.3 is 10.5 Å². The summed E-state index contributed by atoms with van der Waals surface area (Å²) in [6, 6.07) is -0.0634. The highest BCUT2D eigenvalue weighted by Crippen LogP contribution is 2.35. The van der Waals surface area contributed by atoms with Crippen LogP contribution in [0.1, 0.15) is 49.4 Å². The molecule has 2 heterocycles. The summed E-state index contributed by atoms with van der Waals surface area (Å²) in [6.07, 6.45) is 0.579. The molecule has 27 heavy (non-hydrogen) atoms. The van der Waals surface area contributed by atoms with Crippen molar-refractivity contribution in [2.45, 2.75) is 52.1 Å². The van der Waals surface area contributed by atoms with Crippen molar-refractivity contribution in [3.63, 3.8) is 0 Å². The number of hydrogen-bond donors (Lipinski definition) is 1. The zero-order valence-corrected chi connectivity index (χ0v) is 15.7. The third kappa shape index (κ3) is 5.12. The lowest BCUT2D eigenvalue weighted by molar-refractivity contribution is -0.137. The molecule has 0 aliphatic rings. The van der Waals surface area contributed by atoms with Crippen LogP contribution in [0, 0.1) is 6.92 Å².